The maximum atomic E-state index is 12.8. The maximum Gasteiger partial charge on any atom is 0.341 e. The fourth-order valence-corrected chi connectivity index (χ4v) is 5.57. The summed E-state index contributed by atoms with van der Waals surface area (Å²) in [5.41, 5.74) is 0.435. The average Bonchev–Trinajstić information content (AvgIpc) is 2.72. The summed E-state index contributed by atoms with van der Waals surface area (Å²) in [6.07, 6.45) is 0. The number of hydrogen-bond donors (Lipinski definition) is 3. The first-order valence-electron chi connectivity index (χ1n) is 9.34. The molecule has 2 aromatic rings. The molecule has 0 aliphatic carbocycles. The van der Waals surface area contributed by atoms with E-state index >= 15 is 0 Å². The van der Waals surface area contributed by atoms with E-state index in [1.165, 1.54) is 42.5 Å². The minimum absolute atomic E-state index is 0.0244. The predicted molar refractivity (Wildman–Crippen MR) is 113 cm³/mol. The van der Waals surface area contributed by atoms with Gasteiger partial charge in [-0.25, -0.2) is 21.6 Å². The minimum Gasteiger partial charge on any atom is -0.482 e. The van der Waals surface area contributed by atoms with E-state index < -0.39 is 38.5 Å². The van der Waals surface area contributed by atoms with Gasteiger partial charge in [0.05, 0.1) is 22.0 Å². The first-order chi connectivity index (χ1) is 15.0. The minimum atomic E-state index is -4.07. The molecule has 0 aromatic heterocycles. The highest BCUT2D eigenvalue weighted by atomic mass is 32.2. The Balaban J connectivity index is 1.82. The van der Waals surface area contributed by atoms with E-state index in [0.29, 0.717) is 5.56 Å². The van der Waals surface area contributed by atoms with Crippen LogP contribution >= 0.6 is 0 Å². The largest absolute Gasteiger partial charge is 0.482 e. The Morgan fingerprint density at radius 1 is 1.16 bits per heavy atom. The van der Waals surface area contributed by atoms with Crippen molar-refractivity contribution in [1.29, 1.82) is 0 Å². The van der Waals surface area contributed by atoms with Crippen LogP contribution in [0.5, 0.6) is 5.75 Å². The lowest BCUT2D eigenvalue weighted by Gasteiger charge is -2.26. The molecule has 0 radical (unpaired) electrons. The number of carboxylic acid groups (broad SMARTS) is 1. The maximum absolute atomic E-state index is 12.8. The van der Waals surface area contributed by atoms with Gasteiger partial charge in [0.1, 0.15) is 5.75 Å². The molecule has 3 rings (SSSR count). The number of piperazine rings is 1. The predicted octanol–water partition coefficient (Wildman–Crippen LogP) is 0.380. The van der Waals surface area contributed by atoms with Gasteiger partial charge in [-0.15, -0.1) is 0 Å². The number of anilines is 1. The van der Waals surface area contributed by atoms with Crippen LogP contribution in [0, 0.1) is 6.92 Å². The van der Waals surface area contributed by atoms with Crippen molar-refractivity contribution < 1.29 is 36.3 Å². The molecule has 1 saturated heterocycles. The molecular formula is C19H21N3O8S2. The summed E-state index contributed by atoms with van der Waals surface area (Å²) in [7, 11) is -8.06. The van der Waals surface area contributed by atoms with Crippen LogP contribution in [0.3, 0.4) is 0 Å². The first-order valence-corrected chi connectivity index (χ1v) is 12.3. The zero-order valence-electron chi connectivity index (χ0n) is 16.9. The smallest absolute Gasteiger partial charge is 0.341 e. The molecule has 0 spiro atoms. The third-order valence-corrected chi connectivity index (χ3v) is 7.76. The second-order valence-corrected chi connectivity index (χ2v) is 10.6. The fraction of sp³-hybridized carbons (Fsp3) is 0.263. The van der Waals surface area contributed by atoms with E-state index in [1.54, 1.807) is 6.92 Å². The third-order valence-electron chi connectivity index (χ3n) is 4.54. The molecule has 0 atom stereocenters. The van der Waals surface area contributed by atoms with E-state index in [2.05, 4.69) is 10.0 Å². The van der Waals surface area contributed by atoms with E-state index in [0.717, 1.165) is 4.31 Å². The molecule has 0 unspecified atom stereocenters. The number of sulfonamides is 2. The molecule has 1 aliphatic rings. The summed E-state index contributed by atoms with van der Waals surface area (Å²) in [5, 5.41) is 11.2. The number of aryl methyl sites for hydroxylation is 1. The highest BCUT2D eigenvalue weighted by Crippen LogP contribution is 2.25. The number of carbonyl (C=O) groups is 2. The molecule has 32 heavy (non-hydrogen) atoms. The van der Waals surface area contributed by atoms with Crippen molar-refractivity contribution in [1.82, 2.24) is 9.62 Å². The Kier molecular flexibility index (Phi) is 6.71. The molecule has 0 saturated carbocycles. The number of carbonyl (C=O) groups excluding carboxylic acids is 1. The van der Waals surface area contributed by atoms with Crippen LogP contribution in [-0.4, -0.2) is 64.4 Å². The van der Waals surface area contributed by atoms with Crippen molar-refractivity contribution in [2.24, 2.45) is 0 Å². The molecule has 2 aromatic carbocycles. The highest BCUT2D eigenvalue weighted by molar-refractivity contribution is 7.92. The number of nitrogens with zero attached hydrogens (tertiary/aromatic N) is 1. The van der Waals surface area contributed by atoms with Crippen molar-refractivity contribution in [2.45, 2.75) is 16.7 Å². The van der Waals surface area contributed by atoms with Gasteiger partial charge in [0.15, 0.2) is 6.61 Å². The number of amides is 1. The molecule has 1 aliphatic heterocycles. The van der Waals surface area contributed by atoms with Crippen LogP contribution in [0.2, 0.25) is 0 Å². The summed E-state index contributed by atoms with van der Waals surface area (Å²) < 4.78 is 59.7. The van der Waals surface area contributed by atoms with Crippen molar-refractivity contribution in [3.63, 3.8) is 0 Å². The third kappa shape index (κ3) is 5.36. The van der Waals surface area contributed by atoms with Crippen molar-refractivity contribution in [3.8, 4) is 5.75 Å². The molecule has 172 valence electrons. The topological polar surface area (TPSA) is 159 Å². The van der Waals surface area contributed by atoms with Crippen LogP contribution in [0.4, 0.5) is 5.69 Å². The number of rotatable bonds is 8. The molecule has 1 fully saturated rings. The van der Waals surface area contributed by atoms with Gasteiger partial charge in [-0.2, -0.15) is 4.31 Å². The number of benzene rings is 2. The Hall–Kier alpha value is -3.16. The summed E-state index contributed by atoms with van der Waals surface area (Å²) in [6.45, 7) is 0.993. The number of nitrogens with one attached hydrogen (secondary N) is 2. The van der Waals surface area contributed by atoms with E-state index in [9.17, 15) is 26.4 Å². The Labute approximate surface area is 185 Å². The van der Waals surface area contributed by atoms with Gasteiger partial charge >= 0.3 is 5.97 Å². The monoisotopic (exact) mass is 483 g/mol. The quantitative estimate of drug-likeness (QED) is 0.486. The van der Waals surface area contributed by atoms with Gasteiger partial charge in [-0.3, -0.25) is 9.52 Å². The summed E-state index contributed by atoms with van der Waals surface area (Å²) in [4.78, 5) is 21.9. The van der Waals surface area contributed by atoms with Crippen molar-refractivity contribution in [3.05, 3.63) is 48.0 Å². The lowest BCUT2D eigenvalue weighted by molar-refractivity contribution is -0.139. The Bertz CT molecular complexity index is 1260. The highest BCUT2D eigenvalue weighted by Gasteiger charge is 2.29. The van der Waals surface area contributed by atoms with Gasteiger partial charge in [0.25, 0.3) is 10.0 Å². The first kappa shape index (κ1) is 23.5. The van der Waals surface area contributed by atoms with Crippen molar-refractivity contribution in [2.75, 3.05) is 31.0 Å². The number of aliphatic carboxylic acids is 1. The molecule has 1 heterocycles. The van der Waals surface area contributed by atoms with Crippen LogP contribution in [-0.2, 0) is 29.6 Å². The second kappa shape index (κ2) is 9.14. The fourth-order valence-electron chi connectivity index (χ4n) is 2.99. The van der Waals surface area contributed by atoms with Gasteiger partial charge in [0.2, 0.25) is 15.9 Å². The molecular weight excluding hydrogens is 462 g/mol. The van der Waals surface area contributed by atoms with Gasteiger partial charge in [-0.05, 0) is 48.9 Å². The zero-order chi connectivity index (χ0) is 23.5. The Morgan fingerprint density at radius 2 is 1.91 bits per heavy atom. The van der Waals surface area contributed by atoms with E-state index in [1.807, 2.05) is 0 Å². The molecule has 0 bridgehead atoms. The van der Waals surface area contributed by atoms with E-state index in [4.69, 9.17) is 9.84 Å². The van der Waals surface area contributed by atoms with Crippen LogP contribution in [0.1, 0.15) is 5.56 Å². The van der Waals surface area contributed by atoms with Crippen LogP contribution in [0.15, 0.2) is 52.3 Å². The molecule has 13 heteroatoms. The number of ether oxygens (including phenoxy) is 1. The summed E-state index contributed by atoms with van der Waals surface area (Å²) in [6, 6.07) is 9.19. The average molecular weight is 484 g/mol. The SMILES string of the molecule is Cc1cc(S(=O)(=O)Nc2cccc(S(=O)(=O)N3CCNC(=O)C3)c2)ccc1OCC(=O)O. The molecule has 3 N–H and O–H groups in total. The lowest BCUT2D eigenvalue weighted by Crippen LogP contribution is -2.49. The number of carboxylic acids is 1. The standard InChI is InChI=1S/C19H21N3O8S2/c1-13-9-15(5-6-17(13)30-12-19(24)25)31(26,27)21-14-3-2-4-16(10-14)32(28,29)22-8-7-20-18(23)11-22/h2-6,9-10,21H,7-8,11-12H2,1H3,(H,20,23)(H,24,25). The van der Waals surface area contributed by atoms with Crippen LogP contribution in [0.25, 0.3) is 0 Å². The van der Waals surface area contributed by atoms with Crippen LogP contribution < -0.4 is 14.8 Å². The number of hydrogen-bond acceptors (Lipinski definition) is 7. The molecule has 1 amide bonds. The summed E-state index contributed by atoms with van der Waals surface area (Å²) in [5.74, 6) is -1.35. The second-order valence-electron chi connectivity index (χ2n) is 6.93. The van der Waals surface area contributed by atoms with Gasteiger partial charge in [0, 0.05) is 13.1 Å². The van der Waals surface area contributed by atoms with Gasteiger partial charge < -0.3 is 15.2 Å². The molecule has 11 nitrogen and oxygen atoms in total. The normalized spacial score (nSPS) is 15.1. The van der Waals surface area contributed by atoms with Crippen molar-refractivity contribution >= 4 is 37.6 Å². The lowest BCUT2D eigenvalue weighted by atomic mass is 10.2. The van der Waals surface area contributed by atoms with E-state index in [-0.39, 0.29) is 40.9 Å². The summed E-state index contributed by atoms with van der Waals surface area (Å²) >= 11 is 0. The zero-order valence-corrected chi connectivity index (χ0v) is 18.6. The Morgan fingerprint density at radius 3 is 2.56 bits per heavy atom. The van der Waals surface area contributed by atoms with Gasteiger partial charge in [-0.1, -0.05) is 6.07 Å².